The number of rotatable bonds is 5. The van der Waals surface area contributed by atoms with Gasteiger partial charge in [0.2, 0.25) is 5.91 Å². The first kappa shape index (κ1) is 21.0. The van der Waals surface area contributed by atoms with Crippen molar-refractivity contribution in [1.29, 1.82) is 0 Å². The Morgan fingerprint density at radius 3 is 2.61 bits per heavy atom. The molecule has 3 heterocycles. The minimum absolute atomic E-state index is 0.0175. The van der Waals surface area contributed by atoms with Crippen molar-refractivity contribution in [1.82, 2.24) is 10.2 Å². The van der Waals surface area contributed by atoms with Crippen molar-refractivity contribution in [3.63, 3.8) is 0 Å². The molecule has 0 saturated carbocycles. The quantitative estimate of drug-likeness (QED) is 0.555. The Kier molecular flexibility index (Phi) is 5.03. The van der Waals surface area contributed by atoms with Gasteiger partial charge in [-0.25, -0.2) is 4.79 Å². The number of carbonyl (C=O) groups is 4. The van der Waals surface area contributed by atoms with Crippen molar-refractivity contribution in [2.75, 3.05) is 31.2 Å². The van der Waals surface area contributed by atoms with Crippen LogP contribution in [0.2, 0.25) is 0 Å². The number of urea groups is 1. The third-order valence-electron chi connectivity index (χ3n) is 6.25. The number of fused-ring (bicyclic) bond motifs is 1. The van der Waals surface area contributed by atoms with E-state index in [0.717, 1.165) is 11.3 Å². The van der Waals surface area contributed by atoms with Crippen molar-refractivity contribution < 1.29 is 28.7 Å². The molecule has 2 aromatic rings. The largest absolute Gasteiger partial charge is 0.486 e. The summed E-state index contributed by atoms with van der Waals surface area (Å²) >= 11 is 0. The van der Waals surface area contributed by atoms with Gasteiger partial charge in [0, 0.05) is 24.2 Å². The number of hydrogen-bond donors (Lipinski definition) is 1. The standard InChI is InChI=1S/C24H23N3O6/c1-24(16-7-8-19-20(13-16)33-11-10-32-19)22(30)27(23(31)25-24)14-18(28)15-4-2-5-17(12-15)26-9-3-6-21(26)29/h2,4-5,7-8,12-13H,3,6,9-11,14H2,1H3,(H,25,31)/t24-/m0/s1. The Balaban J connectivity index is 1.35. The van der Waals surface area contributed by atoms with E-state index in [4.69, 9.17) is 9.47 Å². The van der Waals surface area contributed by atoms with Crippen LogP contribution >= 0.6 is 0 Å². The summed E-state index contributed by atoms with van der Waals surface area (Å²) in [6.45, 7) is 2.65. The van der Waals surface area contributed by atoms with E-state index in [1.165, 1.54) is 0 Å². The number of hydrogen-bond acceptors (Lipinski definition) is 6. The molecule has 2 fully saturated rings. The number of carbonyl (C=O) groups excluding carboxylic acids is 4. The maximum atomic E-state index is 13.3. The fourth-order valence-corrected chi connectivity index (χ4v) is 4.39. The minimum atomic E-state index is -1.34. The van der Waals surface area contributed by atoms with Crippen molar-refractivity contribution >= 4 is 29.3 Å². The van der Waals surface area contributed by atoms with Gasteiger partial charge in [0.1, 0.15) is 18.8 Å². The van der Waals surface area contributed by atoms with Gasteiger partial charge in [-0.15, -0.1) is 0 Å². The molecule has 0 unspecified atom stereocenters. The van der Waals surface area contributed by atoms with Crippen LogP contribution in [0.3, 0.4) is 0 Å². The average Bonchev–Trinajstić information content (AvgIpc) is 3.35. The summed E-state index contributed by atoms with van der Waals surface area (Å²) < 4.78 is 11.1. The average molecular weight is 449 g/mol. The number of nitrogens with one attached hydrogen (secondary N) is 1. The molecule has 0 radical (unpaired) electrons. The van der Waals surface area contributed by atoms with Gasteiger partial charge in [0.25, 0.3) is 5.91 Å². The number of Topliss-reactive ketones (excluding diaryl/α,β-unsaturated/α-hetero) is 1. The number of ketones is 1. The third-order valence-corrected chi connectivity index (χ3v) is 6.25. The van der Waals surface area contributed by atoms with E-state index >= 15 is 0 Å². The Hall–Kier alpha value is -3.88. The van der Waals surface area contributed by atoms with Crippen LogP contribution in [0.1, 0.15) is 35.7 Å². The maximum absolute atomic E-state index is 13.3. The van der Waals surface area contributed by atoms with Crippen molar-refractivity contribution in [2.45, 2.75) is 25.3 Å². The highest BCUT2D eigenvalue weighted by atomic mass is 16.6. The van der Waals surface area contributed by atoms with Crippen LogP contribution in [0.15, 0.2) is 42.5 Å². The van der Waals surface area contributed by atoms with E-state index < -0.39 is 29.8 Å². The van der Waals surface area contributed by atoms with Crippen LogP contribution in [0.5, 0.6) is 11.5 Å². The lowest BCUT2D eigenvalue weighted by atomic mass is 9.91. The lowest BCUT2D eigenvalue weighted by molar-refractivity contribution is -0.130. The van der Waals surface area contributed by atoms with E-state index in [9.17, 15) is 19.2 Å². The van der Waals surface area contributed by atoms with Crippen molar-refractivity contribution in [2.24, 2.45) is 0 Å². The van der Waals surface area contributed by atoms with Crippen LogP contribution in [0.4, 0.5) is 10.5 Å². The van der Waals surface area contributed by atoms with Crippen molar-refractivity contribution in [3.8, 4) is 11.5 Å². The topological polar surface area (TPSA) is 105 Å². The molecule has 0 aliphatic carbocycles. The Labute approximate surface area is 190 Å². The van der Waals surface area contributed by atoms with Gasteiger partial charge in [-0.1, -0.05) is 18.2 Å². The van der Waals surface area contributed by atoms with Crippen molar-refractivity contribution in [3.05, 3.63) is 53.6 Å². The lowest BCUT2D eigenvalue weighted by Gasteiger charge is -2.25. The van der Waals surface area contributed by atoms with Crippen LogP contribution in [-0.2, 0) is 15.1 Å². The summed E-state index contributed by atoms with van der Waals surface area (Å²) in [6.07, 6.45) is 1.26. The van der Waals surface area contributed by atoms with Gasteiger partial charge in [-0.05, 0) is 43.2 Å². The molecule has 1 atom stereocenters. The molecule has 2 aromatic carbocycles. The van der Waals surface area contributed by atoms with E-state index in [1.807, 2.05) is 0 Å². The second-order valence-electron chi connectivity index (χ2n) is 8.43. The molecule has 170 valence electrons. The zero-order valence-corrected chi connectivity index (χ0v) is 18.1. The SMILES string of the molecule is C[C@@]1(c2ccc3c(c2)OCCO3)NC(=O)N(CC(=O)c2cccc(N3CCCC3=O)c2)C1=O. The molecule has 2 saturated heterocycles. The fraction of sp³-hybridized carbons (Fsp3) is 0.333. The molecule has 4 amide bonds. The first-order valence-electron chi connectivity index (χ1n) is 10.8. The van der Waals surface area contributed by atoms with Gasteiger partial charge in [0.05, 0.1) is 6.54 Å². The zero-order chi connectivity index (χ0) is 23.2. The smallest absolute Gasteiger partial charge is 0.325 e. The minimum Gasteiger partial charge on any atom is -0.486 e. The molecule has 5 rings (SSSR count). The normalized spacial score (nSPS) is 22.0. The number of benzene rings is 2. The van der Waals surface area contributed by atoms with E-state index in [1.54, 1.807) is 54.3 Å². The highest BCUT2D eigenvalue weighted by molar-refractivity contribution is 6.11. The van der Waals surface area contributed by atoms with E-state index in [-0.39, 0.29) is 5.91 Å². The Morgan fingerprint density at radius 1 is 1.06 bits per heavy atom. The zero-order valence-electron chi connectivity index (χ0n) is 18.1. The van der Waals surface area contributed by atoms with Gasteiger partial charge < -0.3 is 19.7 Å². The number of nitrogens with zero attached hydrogens (tertiary/aromatic N) is 2. The summed E-state index contributed by atoms with van der Waals surface area (Å²) in [6, 6.07) is 11.1. The Bertz CT molecular complexity index is 1180. The molecule has 1 N–H and O–H groups in total. The highest BCUT2D eigenvalue weighted by Gasteiger charge is 2.49. The molecule has 9 nitrogen and oxygen atoms in total. The lowest BCUT2D eigenvalue weighted by Crippen LogP contribution is -2.41. The molecule has 3 aliphatic rings. The first-order valence-corrected chi connectivity index (χ1v) is 10.8. The predicted octanol–water partition coefficient (Wildman–Crippen LogP) is 2.23. The van der Waals surface area contributed by atoms with E-state index in [2.05, 4.69) is 5.32 Å². The molecule has 0 spiro atoms. The number of ether oxygens (including phenoxy) is 2. The van der Waals surface area contributed by atoms with Crippen LogP contribution in [0, 0.1) is 0 Å². The highest BCUT2D eigenvalue weighted by Crippen LogP contribution is 2.37. The molecule has 9 heteroatoms. The number of anilines is 1. The first-order chi connectivity index (χ1) is 15.9. The molecular weight excluding hydrogens is 426 g/mol. The molecular formula is C24H23N3O6. The second-order valence-corrected chi connectivity index (χ2v) is 8.43. The second kappa shape index (κ2) is 7.91. The van der Waals surface area contributed by atoms with Gasteiger partial charge in [-0.2, -0.15) is 0 Å². The van der Waals surface area contributed by atoms with Crippen LogP contribution in [-0.4, -0.2) is 54.8 Å². The van der Waals surface area contributed by atoms with Gasteiger partial charge in [0.15, 0.2) is 17.3 Å². The molecule has 3 aliphatic heterocycles. The molecule has 33 heavy (non-hydrogen) atoms. The summed E-state index contributed by atoms with van der Waals surface area (Å²) in [7, 11) is 0. The fourth-order valence-electron chi connectivity index (χ4n) is 4.39. The van der Waals surface area contributed by atoms with Gasteiger partial charge in [-0.3, -0.25) is 19.3 Å². The van der Waals surface area contributed by atoms with Gasteiger partial charge >= 0.3 is 6.03 Å². The summed E-state index contributed by atoms with van der Waals surface area (Å²) in [5.41, 5.74) is 0.175. The third kappa shape index (κ3) is 3.59. The summed E-state index contributed by atoms with van der Waals surface area (Å²) in [5, 5.41) is 2.71. The Morgan fingerprint density at radius 2 is 1.85 bits per heavy atom. The van der Waals surface area contributed by atoms with Crippen LogP contribution in [0.25, 0.3) is 0 Å². The van der Waals surface area contributed by atoms with E-state index in [0.29, 0.717) is 54.5 Å². The number of imide groups is 1. The monoisotopic (exact) mass is 449 g/mol. The number of amides is 4. The molecule has 0 aromatic heterocycles. The van der Waals surface area contributed by atoms with Crippen LogP contribution < -0.4 is 19.7 Å². The summed E-state index contributed by atoms with van der Waals surface area (Å²) in [4.78, 5) is 53.5. The maximum Gasteiger partial charge on any atom is 0.325 e. The predicted molar refractivity (Wildman–Crippen MR) is 117 cm³/mol. The molecule has 0 bridgehead atoms. The summed E-state index contributed by atoms with van der Waals surface area (Å²) in [5.74, 6) is 0.185.